The number of hydrogen-bond acceptors (Lipinski definition) is 6. The van der Waals surface area contributed by atoms with E-state index >= 15 is 0 Å². The Morgan fingerprint density at radius 2 is 1.93 bits per heavy atom. The quantitative estimate of drug-likeness (QED) is 0.414. The Bertz CT molecular complexity index is 744. The average Bonchev–Trinajstić information content (AvgIpc) is 2.87. The lowest BCUT2D eigenvalue weighted by Gasteiger charge is -2.17. The third-order valence-electron chi connectivity index (χ3n) is 5.16. The summed E-state index contributed by atoms with van der Waals surface area (Å²) in [5, 5.41) is 13.4. The second kappa shape index (κ2) is 9.43. The first-order valence-electron chi connectivity index (χ1n) is 9.37. The molecule has 1 aliphatic carbocycles. The molecule has 1 N–H and O–H groups in total. The number of carbonyl (C=O) groups is 3. The third kappa shape index (κ3) is 5.87. The van der Waals surface area contributed by atoms with E-state index in [1.807, 2.05) is 12.1 Å². The highest BCUT2D eigenvalue weighted by atomic mass is 16.6. The van der Waals surface area contributed by atoms with E-state index in [1.165, 1.54) is 0 Å². The predicted molar refractivity (Wildman–Crippen MR) is 102 cm³/mol. The van der Waals surface area contributed by atoms with Crippen molar-refractivity contribution in [2.45, 2.75) is 39.5 Å². The van der Waals surface area contributed by atoms with Gasteiger partial charge in [0.15, 0.2) is 6.61 Å². The Hall–Kier alpha value is -2.77. The molecule has 152 valence electrons. The van der Waals surface area contributed by atoms with Crippen molar-refractivity contribution in [2.24, 2.45) is 17.8 Å². The van der Waals surface area contributed by atoms with E-state index in [0.29, 0.717) is 11.6 Å². The number of carbonyl (C=O) groups excluding carboxylic acids is 3. The molecule has 0 radical (unpaired) electrons. The first-order valence-corrected chi connectivity index (χ1v) is 9.37. The van der Waals surface area contributed by atoms with Gasteiger partial charge in [0, 0.05) is 28.9 Å². The van der Waals surface area contributed by atoms with E-state index in [9.17, 15) is 24.5 Å². The number of hydrogen-bond donors (Lipinski definition) is 1. The van der Waals surface area contributed by atoms with Gasteiger partial charge < -0.3 is 10.1 Å². The maximum atomic E-state index is 12.1. The molecule has 0 bridgehead atoms. The zero-order valence-electron chi connectivity index (χ0n) is 16.3. The van der Waals surface area contributed by atoms with E-state index in [-0.39, 0.29) is 31.1 Å². The van der Waals surface area contributed by atoms with Crippen LogP contribution < -0.4 is 5.32 Å². The molecule has 3 atom stereocenters. The van der Waals surface area contributed by atoms with E-state index in [0.717, 1.165) is 5.56 Å². The van der Waals surface area contributed by atoms with Crippen molar-refractivity contribution in [3.05, 3.63) is 39.9 Å². The maximum absolute atomic E-state index is 12.1. The largest absolute Gasteiger partial charge is 0.456 e. The maximum Gasteiger partial charge on any atom is 0.307 e. The van der Waals surface area contributed by atoms with Crippen molar-refractivity contribution in [3.63, 3.8) is 0 Å². The van der Waals surface area contributed by atoms with Gasteiger partial charge in [0.25, 0.3) is 5.91 Å². The summed E-state index contributed by atoms with van der Waals surface area (Å²) in [5.74, 6) is -2.32. The Balaban J connectivity index is 1.83. The highest BCUT2D eigenvalue weighted by molar-refractivity contribution is 5.93. The lowest BCUT2D eigenvalue weighted by Crippen LogP contribution is -2.28. The van der Waals surface area contributed by atoms with Crippen LogP contribution in [0, 0.1) is 27.9 Å². The van der Waals surface area contributed by atoms with Gasteiger partial charge in [0.05, 0.1) is 6.42 Å². The number of ether oxygens (including phenoxy) is 1. The number of anilines is 1. The number of nitrogens with zero attached hydrogens (tertiary/aromatic N) is 1. The number of ketones is 1. The number of rotatable bonds is 8. The molecule has 0 heterocycles. The van der Waals surface area contributed by atoms with Crippen LogP contribution in [0.25, 0.3) is 0 Å². The molecular formula is C20H26N2O6. The molecule has 1 aliphatic rings. The van der Waals surface area contributed by atoms with Crippen molar-refractivity contribution in [3.8, 4) is 0 Å². The van der Waals surface area contributed by atoms with Crippen LogP contribution in [0.2, 0.25) is 0 Å². The summed E-state index contributed by atoms with van der Waals surface area (Å²) < 4.78 is 4.96. The van der Waals surface area contributed by atoms with Gasteiger partial charge >= 0.3 is 5.97 Å². The van der Waals surface area contributed by atoms with Crippen LogP contribution in [0.1, 0.15) is 45.1 Å². The van der Waals surface area contributed by atoms with Crippen molar-refractivity contribution in [1.29, 1.82) is 0 Å². The Kier molecular flexibility index (Phi) is 7.25. The monoisotopic (exact) mass is 390 g/mol. The predicted octanol–water partition coefficient (Wildman–Crippen LogP) is 2.80. The molecule has 2 rings (SSSR count). The minimum atomic E-state index is -0.723. The molecule has 1 aromatic rings. The summed E-state index contributed by atoms with van der Waals surface area (Å²) >= 11 is 0. The van der Waals surface area contributed by atoms with E-state index in [1.54, 1.807) is 19.1 Å². The molecule has 0 unspecified atom stereocenters. The highest BCUT2D eigenvalue weighted by Gasteiger charge is 2.44. The molecule has 28 heavy (non-hydrogen) atoms. The lowest BCUT2D eigenvalue weighted by molar-refractivity contribution is -0.490. The van der Waals surface area contributed by atoms with Crippen LogP contribution in [0.5, 0.6) is 0 Å². The zero-order chi connectivity index (χ0) is 20.8. The fraction of sp³-hybridized carbons (Fsp3) is 0.550. The molecular weight excluding hydrogens is 364 g/mol. The number of benzene rings is 1. The van der Waals surface area contributed by atoms with Gasteiger partial charge in [0.1, 0.15) is 5.78 Å². The second-order valence-electron chi connectivity index (χ2n) is 7.62. The number of amides is 1. The molecule has 1 fully saturated rings. The summed E-state index contributed by atoms with van der Waals surface area (Å²) in [6, 6.07) is 7.37. The summed E-state index contributed by atoms with van der Waals surface area (Å²) in [4.78, 5) is 46.4. The fourth-order valence-electron chi connectivity index (χ4n) is 3.53. The number of esters is 1. The first-order chi connectivity index (χ1) is 13.2. The lowest BCUT2D eigenvalue weighted by atomic mass is 9.88. The third-order valence-corrected chi connectivity index (χ3v) is 5.16. The number of Topliss-reactive ketones (excluding diaryl/α,β-unsaturated/α-hetero) is 1. The topological polar surface area (TPSA) is 116 Å². The van der Waals surface area contributed by atoms with Crippen LogP contribution in [-0.2, 0) is 19.1 Å². The molecule has 8 nitrogen and oxygen atoms in total. The smallest absolute Gasteiger partial charge is 0.307 e. The zero-order valence-corrected chi connectivity index (χ0v) is 16.3. The van der Waals surface area contributed by atoms with Gasteiger partial charge in [-0.25, -0.2) is 0 Å². The van der Waals surface area contributed by atoms with Gasteiger partial charge in [-0.05, 0) is 29.5 Å². The molecule has 0 aromatic heterocycles. The van der Waals surface area contributed by atoms with Gasteiger partial charge in [-0.1, -0.05) is 32.9 Å². The van der Waals surface area contributed by atoms with Gasteiger partial charge in [-0.2, -0.15) is 0 Å². The van der Waals surface area contributed by atoms with Crippen molar-refractivity contribution >= 4 is 23.3 Å². The second-order valence-corrected chi connectivity index (χ2v) is 7.62. The molecule has 0 aliphatic heterocycles. The van der Waals surface area contributed by atoms with Crippen molar-refractivity contribution in [1.82, 2.24) is 0 Å². The minimum Gasteiger partial charge on any atom is -0.456 e. The van der Waals surface area contributed by atoms with Gasteiger partial charge in [0.2, 0.25) is 6.54 Å². The molecule has 0 saturated heterocycles. The molecule has 1 aromatic carbocycles. The minimum absolute atomic E-state index is 0.146. The standard InChI is InChI=1S/C20H26N2O6/c1-12(2)14-4-6-15(7-5-14)21-19(24)11-28-20(25)9-16-17(10-22(26)27)13(3)8-18(16)23/h4-7,12-13,16-17H,8-11H2,1-3H3,(H,21,24)/t13-,16+,17+/m0/s1. The molecule has 0 spiro atoms. The van der Waals surface area contributed by atoms with Gasteiger partial charge in [-0.15, -0.1) is 0 Å². The van der Waals surface area contributed by atoms with Crippen LogP contribution in [-0.4, -0.2) is 35.7 Å². The van der Waals surface area contributed by atoms with Crippen LogP contribution >= 0.6 is 0 Å². The number of nitrogens with one attached hydrogen (secondary N) is 1. The van der Waals surface area contributed by atoms with Crippen molar-refractivity contribution in [2.75, 3.05) is 18.5 Å². The first kappa shape index (κ1) is 21.5. The fourth-order valence-corrected chi connectivity index (χ4v) is 3.53. The summed E-state index contributed by atoms with van der Waals surface area (Å²) in [6.45, 7) is 5.09. The summed E-state index contributed by atoms with van der Waals surface area (Å²) in [5.41, 5.74) is 1.74. The molecule has 8 heteroatoms. The van der Waals surface area contributed by atoms with Crippen molar-refractivity contribution < 1.29 is 24.0 Å². The number of nitro groups is 1. The Morgan fingerprint density at radius 3 is 2.50 bits per heavy atom. The van der Waals surface area contributed by atoms with Crippen LogP contribution in [0.15, 0.2) is 24.3 Å². The van der Waals surface area contributed by atoms with E-state index in [4.69, 9.17) is 4.74 Å². The van der Waals surface area contributed by atoms with E-state index < -0.39 is 35.2 Å². The van der Waals surface area contributed by atoms with Crippen LogP contribution in [0.4, 0.5) is 5.69 Å². The van der Waals surface area contributed by atoms with E-state index in [2.05, 4.69) is 19.2 Å². The Morgan fingerprint density at radius 1 is 1.29 bits per heavy atom. The molecule has 1 amide bonds. The van der Waals surface area contributed by atoms with Gasteiger partial charge in [-0.3, -0.25) is 24.5 Å². The average molecular weight is 390 g/mol. The Labute approximate surface area is 163 Å². The SMILES string of the molecule is CC(C)c1ccc(NC(=O)COC(=O)C[C@H]2C(=O)C[C@H](C)[C@H]2C[N+](=O)[O-])cc1. The normalized spacial score (nSPS) is 21.6. The van der Waals surface area contributed by atoms with Crippen LogP contribution in [0.3, 0.4) is 0 Å². The summed E-state index contributed by atoms with van der Waals surface area (Å²) in [6.07, 6.45) is -0.0125. The molecule has 1 saturated carbocycles. The highest BCUT2D eigenvalue weighted by Crippen LogP contribution is 2.36. The summed E-state index contributed by atoms with van der Waals surface area (Å²) in [7, 11) is 0.